The summed E-state index contributed by atoms with van der Waals surface area (Å²) in [5.74, 6) is -3.34. The molecule has 0 spiro atoms. The third-order valence-corrected chi connectivity index (χ3v) is 5.17. The molecule has 1 rings (SSSR count). The maximum Gasteiger partial charge on any atom is 0.317 e. The van der Waals surface area contributed by atoms with Crippen LogP contribution < -0.4 is 5.32 Å². The highest BCUT2D eigenvalue weighted by Gasteiger charge is 2.21. The zero-order valence-electron chi connectivity index (χ0n) is 19.1. The Hall–Kier alpha value is -2.61. The van der Waals surface area contributed by atoms with Crippen molar-refractivity contribution >= 4 is 29.6 Å². The molecule has 0 atom stereocenters. The average molecular weight is 474 g/mol. The van der Waals surface area contributed by atoms with Gasteiger partial charge in [0.15, 0.2) is 0 Å². The molecule has 1 aliphatic rings. The van der Waals surface area contributed by atoms with E-state index in [1.807, 2.05) is 4.90 Å². The molecule has 0 bridgehead atoms. The van der Waals surface area contributed by atoms with Crippen LogP contribution >= 0.6 is 0 Å². The van der Waals surface area contributed by atoms with Gasteiger partial charge in [-0.25, -0.2) is 0 Å². The molecule has 13 heteroatoms. The van der Waals surface area contributed by atoms with Gasteiger partial charge in [-0.3, -0.25) is 43.6 Å². The Bertz CT molecular complexity index is 657. The quantitative estimate of drug-likeness (QED) is 0.250. The van der Waals surface area contributed by atoms with Gasteiger partial charge < -0.3 is 20.6 Å². The van der Waals surface area contributed by atoms with Crippen molar-refractivity contribution in [2.75, 3.05) is 85.1 Å². The number of amides is 1. The van der Waals surface area contributed by atoms with Crippen molar-refractivity contribution in [2.45, 2.75) is 13.3 Å². The first-order valence-electron chi connectivity index (χ1n) is 10.9. The number of hydrogen-bond donors (Lipinski definition) is 4. The predicted molar refractivity (Wildman–Crippen MR) is 117 cm³/mol. The molecule has 1 amide bonds. The van der Waals surface area contributed by atoms with Crippen LogP contribution in [0.3, 0.4) is 0 Å². The normalized spacial score (nSPS) is 18.1. The van der Waals surface area contributed by atoms with Crippen LogP contribution in [0.15, 0.2) is 0 Å². The molecule has 4 N–H and O–H groups in total. The van der Waals surface area contributed by atoms with E-state index in [1.165, 1.54) is 6.92 Å². The standard InChI is InChI=1S/C20H35N5O8/c1-16(26)2-3-21-17(27)12-22-4-6-23(13-18(28)29)8-10-25(15-20(32)33)11-9-24(7-5-22)14-19(30)31/h2-15H2,1H3,(H,21,27)(H,28,29)(H,30,31)(H,32,33). The first-order valence-corrected chi connectivity index (χ1v) is 10.9. The molecule has 1 heterocycles. The van der Waals surface area contributed by atoms with Gasteiger partial charge in [0.1, 0.15) is 5.78 Å². The van der Waals surface area contributed by atoms with E-state index in [0.717, 1.165) is 0 Å². The highest BCUT2D eigenvalue weighted by atomic mass is 16.4. The number of Topliss-reactive ketones (excluding diaryl/α,β-unsaturated/α-hetero) is 1. The monoisotopic (exact) mass is 473 g/mol. The Morgan fingerprint density at radius 1 is 0.606 bits per heavy atom. The van der Waals surface area contributed by atoms with Crippen molar-refractivity contribution in [2.24, 2.45) is 0 Å². The molecule has 33 heavy (non-hydrogen) atoms. The summed E-state index contributed by atoms with van der Waals surface area (Å²) >= 11 is 0. The topological polar surface area (TPSA) is 171 Å². The van der Waals surface area contributed by atoms with E-state index < -0.39 is 17.9 Å². The molecule has 0 aliphatic carbocycles. The van der Waals surface area contributed by atoms with Gasteiger partial charge in [-0.15, -0.1) is 0 Å². The second-order valence-electron chi connectivity index (χ2n) is 8.09. The number of carbonyl (C=O) groups is 5. The minimum absolute atomic E-state index is 0.0326. The molecule has 0 unspecified atom stereocenters. The van der Waals surface area contributed by atoms with Gasteiger partial charge in [-0.2, -0.15) is 0 Å². The number of ketones is 1. The number of carboxylic acid groups (broad SMARTS) is 3. The highest BCUT2D eigenvalue weighted by molar-refractivity contribution is 5.80. The van der Waals surface area contributed by atoms with Crippen molar-refractivity contribution in [3.05, 3.63) is 0 Å². The summed E-state index contributed by atoms with van der Waals surface area (Å²) in [7, 11) is 0. The Kier molecular flexibility index (Phi) is 13.1. The number of carboxylic acids is 3. The van der Waals surface area contributed by atoms with E-state index in [2.05, 4.69) is 5.32 Å². The lowest BCUT2D eigenvalue weighted by Crippen LogP contribution is -2.49. The molecule has 1 saturated heterocycles. The summed E-state index contributed by atoms with van der Waals surface area (Å²) in [4.78, 5) is 63.9. The predicted octanol–water partition coefficient (Wildman–Crippen LogP) is -2.44. The Morgan fingerprint density at radius 2 is 0.909 bits per heavy atom. The van der Waals surface area contributed by atoms with Gasteiger partial charge in [0.2, 0.25) is 5.91 Å². The molecule has 1 fully saturated rings. The summed E-state index contributed by atoms with van der Waals surface area (Å²) in [5, 5.41) is 30.3. The molecule has 1 aliphatic heterocycles. The number of carbonyl (C=O) groups excluding carboxylic acids is 2. The van der Waals surface area contributed by atoms with Gasteiger partial charge in [0.05, 0.1) is 26.2 Å². The summed E-state index contributed by atoms with van der Waals surface area (Å²) in [6, 6.07) is 0. The lowest BCUT2D eigenvalue weighted by molar-refractivity contribution is -0.140. The van der Waals surface area contributed by atoms with Crippen molar-refractivity contribution in [3.8, 4) is 0 Å². The van der Waals surface area contributed by atoms with Crippen LogP contribution in [0.4, 0.5) is 0 Å². The van der Waals surface area contributed by atoms with Gasteiger partial charge in [-0.1, -0.05) is 0 Å². The Morgan fingerprint density at radius 3 is 1.18 bits per heavy atom. The number of aliphatic carboxylic acids is 3. The molecule has 188 valence electrons. The minimum Gasteiger partial charge on any atom is -0.480 e. The zero-order valence-corrected chi connectivity index (χ0v) is 19.1. The van der Waals surface area contributed by atoms with Crippen LogP contribution in [-0.2, 0) is 24.0 Å². The lowest BCUT2D eigenvalue weighted by Gasteiger charge is -2.32. The van der Waals surface area contributed by atoms with Crippen molar-refractivity contribution in [1.29, 1.82) is 0 Å². The Balaban J connectivity index is 2.89. The van der Waals surface area contributed by atoms with E-state index in [4.69, 9.17) is 5.11 Å². The summed E-state index contributed by atoms with van der Waals surface area (Å²) in [6.45, 7) is 3.72. The summed E-state index contributed by atoms with van der Waals surface area (Å²) in [6.07, 6.45) is 0.233. The maximum absolute atomic E-state index is 12.3. The molecule has 0 saturated carbocycles. The second kappa shape index (κ2) is 15.3. The zero-order chi connectivity index (χ0) is 24.8. The van der Waals surface area contributed by atoms with E-state index in [1.54, 1.807) is 14.7 Å². The number of nitrogens with one attached hydrogen (secondary N) is 1. The molecular weight excluding hydrogens is 438 g/mol. The third kappa shape index (κ3) is 14.2. The first-order chi connectivity index (χ1) is 15.5. The van der Waals surface area contributed by atoms with Gasteiger partial charge >= 0.3 is 17.9 Å². The van der Waals surface area contributed by atoms with Crippen LogP contribution in [0.5, 0.6) is 0 Å². The number of nitrogens with zero attached hydrogens (tertiary/aromatic N) is 4. The van der Waals surface area contributed by atoms with Crippen LogP contribution in [0.1, 0.15) is 13.3 Å². The smallest absolute Gasteiger partial charge is 0.317 e. The van der Waals surface area contributed by atoms with Crippen molar-refractivity contribution in [1.82, 2.24) is 24.9 Å². The lowest BCUT2D eigenvalue weighted by atomic mass is 10.3. The summed E-state index contributed by atoms with van der Waals surface area (Å²) in [5.41, 5.74) is 0. The molecular formula is C20H35N5O8. The number of rotatable bonds is 11. The SMILES string of the molecule is CC(=O)CCNC(=O)CN1CCN(CC(=O)O)CCN(CC(=O)O)CCN(CC(=O)O)CC1. The molecule has 0 aromatic rings. The average Bonchev–Trinajstić information content (AvgIpc) is 2.68. The molecule has 13 nitrogen and oxygen atoms in total. The van der Waals surface area contributed by atoms with E-state index in [0.29, 0.717) is 52.4 Å². The molecule has 0 radical (unpaired) electrons. The van der Waals surface area contributed by atoms with Crippen LogP contribution in [0, 0.1) is 0 Å². The van der Waals surface area contributed by atoms with Gasteiger partial charge in [0, 0.05) is 65.3 Å². The van der Waals surface area contributed by atoms with E-state index in [9.17, 15) is 34.2 Å². The van der Waals surface area contributed by atoms with Gasteiger partial charge in [0.25, 0.3) is 0 Å². The molecule has 0 aromatic heterocycles. The van der Waals surface area contributed by atoms with Crippen molar-refractivity contribution in [3.63, 3.8) is 0 Å². The van der Waals surface area contributed by atoms with Crippen LogP contribution in [0.2, 0.25) is 0 Å². The van der Waals surface area contributed by atoms with Crippen LogP contribution in [-0.4, -0.2) is 150 Å². The van der Waals surface area contributed by atoms with Crippen LogP contribution in [0.25, 0.3) is 0 Å². The fourth-order valence-electron chi connectivity index (χ4n) is 3.42. The fraction of sp³-hybridized carbons (Fsp3) is 0.750. The van der Waals surface area contributed by atoms with Gasteiger partial charge in [-0.05, 0) is 6.92 Å². The summed E-state index contributed by atoms with van der Waals surface area (Å²) < 4.78 is 0. The largest absolute Gasteiger partial charge is 0.480 e. The number of hydrogen-bond acceptors (Lipinski definition) is 9. The third-order valence-electron chi connectivity index (χ3n) is 5.17. The van der Waals surface area contributed by atoms with E-state index in [-0.39, 0.29) is 50.8 Å². The molecule has 0 aromatic carbocycles. The van der Waals surface area contributed by atoms with Crippen molar-refractivity contribution < 1.29 is 39.3 Å². The maximum atomic E-state index is 12.3. The first kappa shape index (κ1) is 28.4. The van der Waals surface area contributed by atoms with E-state index >= 15 is 0 Å². The Labute approximate surface area is 192 Å². The highest BCUT2D eigenvalue weighted by Crippen LogP contribution is 2.01. The second-order valence-corrected chi connectivity index (χ2v) is 8.09. The fourth-order valence-corrected chi connectivity index (χ4v) is 3.42. The minimum atomic E-state index is -1.02.